The molecule has 2 aliphatic heterocycles. The van der Waals surface area contributed by atoms with E-state index in [2.05, 4.69) is 22.0 Å². The van der Waals surface area contributed by atoms with E-state index < -0.39 is 0 Å². The molecular formula is C15H27N3. The minimum Gasteiger partial charge on any atom is -0.309 e. The van der Waals surface area contributed by atoms with Crippen LogP contribution in [0.5, 0.6) is 0 Å². The number of nitrogens with one attached hydrogen (secondary N) is 1. The van der Waals surface area contributed by atoms with Crippen LogP contribution in [-0.2, 0) is 0 Å². The van der Waals surface area contributed by atoms with Crippen molar-refractivity contribution < 1.29 is 0 Å². The van der Waals surface area contributed by atoms with Gasteiger partial charge < -0.3 is 5.32 Å². The molecule has 0 spiro atoms. The molecule has 2 heterocycles. The third-order valence-electron chi connectivity index (χ3n) is 4.99. The van der Waals surface area contributed by atoms with Gasteiger partial charge in [-0.2, -0.15) is 0 Å². The van der Waals surface area contributed by atoms with Crippen LogP contribution in [0.25, 0.3) is 0 Å². The largest absolute Gasteiger partial charge is 0.309 e. The van der Waals surface area contributed by atoms with E-state index in [9.17, 15) is 0 Å². The molecule has 0 radical (unpaired) electrons. The van der Waals surface area contributed by atoms with Crippen LogP contribution >= 0.6 is 0 Å². The molecule has 1 N–H and O–H groups in total. The Morgan fingerprint density at radius 2 is 1.78 bits per heavy atom. The molecular weight excluding hydrogens is 222 g/mol. The summed E-state index contributed by atoms with van der Waals surface area (Å²) >= 11 is 0. The second-order valence-corrected chi connectivity index (χ2v) is 6.24. The van der Waals surface area contributed by atoms with Crippen LogP contribution < -0.4 is 5.32 Å². The van der Waals surface area contributed by atoms with E-state index in [1.54, 1.807) is 11.1 Å². The first kappa shape index (κ1) is 12.6. The molecule has 0 aromatic rings. The van der Waals surface area contributed by atoms with Crippen LogP contribution in [0.3, 0.4) is 0 Å². The van der Waals surface area contributed by atoms with Gasteiger partial charge in [0.15, 0.2) is 0 Å². The minimum atomic E-state index is 0.919. The van der Waals surface area contributed by atoms with Gasteiger partial charge in [0.2, 0.25) is 0 Å². The highest BCUT2D eigenvalue weighted by molar-refractivity contribution is 5.22. The van der Waals surface area contributed by atoms with Crippen LogP contribution in [-0.4, -0.2) is 61.7 Å². The van der Waals surface area contributed by atoms with E-state index >= 15 is 0 Å². The maximum Gasteiger partial charge on any atom is 0.0194 e. The first-order valence-corrected chi connectivity index (χ1v) is 7.67. The van der Waals surface area contributed by atoms with Crippen LogP contribution in [0.2, 0.25) is 0 Å². The number of rotatable bonds is 3. The van der Waals surface area contributed by atoms with Gasteiger partial charge in [0.05, 0.1) is 0 Å². The Bertz CT molecular complexity index is 304. The molecule has 0 bridgehead atoms. The van der Waals surface area contributed by atoms with E-state index in [0.717, 1.165) is 19.1 Å². The molecule has 3 nitrogen and oxygen atoms in total. The lowest BCUT2D eigenvalue weighted by Gasteiger charge is -2.38. The van der Waals surface area contributed by atoms with Crippen molar-refractivity contribution in [2.24, 2.45) is 0 Å². The molecule has 3 fully saturated rings. The van der Waals surface area contributed by atoms with Gasteiger partial charge >= 0.3 is 0 Å². The zero-order valence-electron chi connectivity index (χ0n) is 11.7. The Labute approximate surface area is 111 Å². The Morgan fingerprint density at radius 3 is 2.33 bits per heavy atom. The molecule has 2 saturated heterocycles. The van der Waals surface area contributed by atoms with Gasteiger partial charge in [-0.15, -0.1) is 0 Å². The summed E-state index contributed by atoms with van der Waals surface area (Å²) in [5.41, 5.74) is 3.26. The lowest BCUT2D eigenvalue weighted by Crippen LogP contribution is -2.50. The molecule has 0 atom stereocenters. The fourth-order valence-electron chi connectivity index (χ4n) is 3.56. The predicted molar refractivity (Wildman–Crippen MR) is 75.8 cm³/mol. The number of hydrogen-bond donors (Lipinski definition) is 1. The van der Waals surface area contributed by atoms with Crippen molar-refractivity contribution in [3.05, 3.63) is 11.1 Å². The third kappa shape index (κ3) is 2.79. The molecule has 3 rings (SSSR count). The maximum atomic E-state index is 3.34. The van der Waals surface area contributed by atoms with Crippen LogP contribution in [0.15, 0.2) is 11.1 Å². The van der Waals surface area contributed by atoms with Crippen molar-refractivity contribution in [3.8, 4) is 0 Å². The van der Waals surface area contributed by atoms with Crippen molar-refractivity contribution in [1.82, 2.24) is 15.1 Å². The number of piperazine rings is 1. The molecule has 0 amide bonds. The fraction of sp³-hybridized carbons (Fsp3) is 0.867. The number of hydrogen-bond acceptors (Lipinski definition) is 3. The molecule has 102 valence electrons. The van der Waals surface area contributed by atoms with Gasteiger partial charge in [-0.3, -0.25) is 9.80 Å². The second-order valence-electron chi connectivity index (χ2n) is 6.24. The molecule has 3 aliphatic rings. The van der Waals surface area contributed by atoms with Crippen LogP contribution in [0.1, 0.15) is 32.6 Å². The molecule has 0 aromatic carbocycles. The second kappa shape index (κ2) is 5.72. The highest BCUT2D eigenvalue weighted by atomic mass is 15.3. The Morgan fingerprint density at radius 1 is 1.11 bits per heavy atom. The van der Waals surface area contributed by atoms with Gasteiger partial charge in [0, 0.05) is 51.9 Å². The minimum absolute atomic E-state index is 0.919. The third-order valence-corrected chi connectivity index (χ3v) is 4.99. The smallest absolute Gasteiger partial charge is 0.0194 e. The van der Waals surface area contributed by atoms with E-state index in [-0.39, 0.29) is 0 Å². The van der Waals surface area contributed by atoms with E-state index in [4.69, 9.17) is 0 Å². The summed E-state index contributed by atoms with van der Waals surface area (Å²) in [6.07, 6.45) is 5.83. The average molecular weight is 249 g/mol. The highest BCUT2D eigenvalue weighted by Crippen LogP contribution is 2.24. The highest BCUT2D eigenvalue weighted by Gasteiger charge is 2.26. The van der Waals surface area contributed by atoms with E-state index in [1.807, 2.05) is 0 Å². The lowest BCUT2D eigenvalue weighted by molar-refractivity contribution is 0.103. The summed E-state index contributed by atoms with van der Waals surface area (Å²) < 4.78 is 0. The van der Waals surface area contributed by atoms with Crippen LogP contribution in [0, 0.1) is 0 Å². The van der Waals surface area contributed by atoms with Gasteiger partial charge in [-0.25, -0.2) is 0 Å². The van der Waals surface area contributed by atoms with Gasteiger partial charge in [0.25, 0.3) is 0 Å². The Kier molecular flexibility index (Phi) is 4.02. The Balaban J connectivity index is 1.45. The SMILES string of the molecule is CC(CN1CCN(C2CCCC2)CC1)=C1CNC1. The standard InChI is InChI=1S/C15H27N3/c1-13(14-10-16-11-14)12-17-6-8-18(9-7-17)15-4-2-3-5-15/h15-16H,2-12H2,1H3. The molecule has 0 unspecified atom stereocenters. The topological polar surface area (TPSA) is 18.5 Å². The first-order valence-electron chi connectivity index (χ1n) is 7.67. The van der Waals surface area contributed by atoms with Gasteiger partial charge in [-0.1, -0.05) is 18.4 Å². The normalized spacial score (nSPS) is 27.5. The first-order chi connectivity index (χ1) is 8.83. The van der Waals surface area contributed by atoms with Crippen molar-refractivity contribution >= 4 is 0 Å². The summed E-state index contributed by atoms with van der Waals surface area (Å²) in [4.78, 5) is 5.39. The van der Waals surface area contributed by atoms with Gasteiger partial charge in [0.1, 0.15) is 0 Å². The number of nitrogens with zero attached hydrogens (tertiary/aromatic N) is 2. The van der Waals surface area contributed by atoms with Crippen molar-refractivity contribution in [1.29, 1.82) is 0 Å². The molecule has 1 aliphatic carbocycles. The molecule has 18 heavy (non-hydrogen) atoms. The average Bonchev–Trinajstić information content (AvgIpc) is 2.81. The molecule has 3 heteroatoms. The predicted octanol–water partition coefficient (Wildman–Crippen LogP) is 1.47. The summed E-state index contributed by atoms with van der Waals surface area (Å²) in [7, 11) is 0. The van der Waals surface area contributed by atoms with E-state index in [0.29, 0.717) is 0 Å². The summed E-state index contributed by atoms with van der Waals surface area (Å²) in [6, 6.07) is 0.919. The van der Waals surface area contributed by atoms with Crippen LogP contribution in [0.4, 0.5) is 0 Å². The quantitative estimate of drug-likeness (QED) is 0.764. The van der Waals surface area contributed by atoms with Crippen molar-refractivity contribution in [2.45, 2.75) is 38.6 Å². The lowest BCUT2D eigenvalue weighted by atomic mass is 10.0. The van der Waals surface area contributed by atoms with Crippen molar-refractivity contribution in [2.75, 3.05) is 45.8 Å². The summed E-state index contributed by atoms with van der Waals surface area (Å²) in [5, 5.41) is 3.34. The van der Waals surface area contributed by atoms with E-state index in [1.165, 1.54) is 58.4 Å². The molecule has 0 aromatic heterocycles. The summed E-state index contributed by atoms with van der Waals surface area (Å²) in [5.74, 6) is 0. The maximum absolute atomic E-state index is 3.34. The van der Waals surface area contributed by atoms with Gasteiger partial charge in [-0.05, 0) is 25.3 Å². The summed E-state index contributed by atoms with van der Waals surface area (Å²) in [6.45, 7) is 10.9. The zero-order chi connectivity index (χ0) is 12.4. The Hall–Kier alpha value is -0.380. The molecule has 1 saturated carbocycles. The fourth-order valence-corrected chi connectivity index (χ4v) is 3.56. The zero-order valence-corrected chi connectivity index (χ0v) is 11.7. The van der Waals surface area contributed by atoms with Crippen molar-refractivity contribution in [3.63, 3.8) is 0 Å². The monoisotopic (exact) mass is 249 g/mol.